The highest BCUT2D eigenvalue weighted by Crippen LogP contribution is 2.41. The Labute approximate surface area is 155 Å². The molecule has 0 bridgehead atoms. The van der Waals surface area contributed by atoms with Crippen LogP contribution in [0.25, 0.3) is 11.1 Å². The van der Waals surface area contributed by atoms with Gasteiger partial charge in [-0.05, 0) is 30.2 Å². The van der Waals surface area contributed by atoms with Crippen LogP contribution in [0.2, 0.25) is 0 Å². The summed E-state index contributed by atoms with van der Waals surface area (Å²) < 4.78 is 0. The van der Waals surface area contributed by atoms with Crippen LogP contribution in [0.5, 0.6) is 0 Å². The van der Waals surface area contributed by atoms with Crippen molar-refractivity contribution in [2.75, 3.05) is 39.8 Å². The number of carbonyl (C=O) groups excluding carboxylic acids is 1. The molecule has 1 amide bonds. The summed E-state index contributed by atoms with van der Waals surface area (Å²) in [6.07, 6.45) is 1.13. The molecule has 1 N–H and O–H groups in total. The van der Waals surface area contributed by atoms with E-state index in [1.807, 2.05) is 11.0 Å². The van der Waals surface area contributed by atoms with Gasteiger partial charge in [-0.2, -0.15) is 0 Å². The summed E-state index contributed by atoms with van der Waals surface area (Å²) in [6, 6.07) is 19.8. The standard InChI is InChI=1S/C22H27N3O/c1-24-11-13-25(14-12-24)22(26)16-23-21-15-20(21)19-9-7-18(8-10-19)17-5-3-2-4-6-17/h2-10,20-21,23H,11-16H2,1H3/t20?,21-/m0/s1. The van der Waals surface area contributed by atoms with Crippen molar-refractivity contribution >= 4 is 5.91 Å². The van der Waals surface area contributed by atoms with Crippen LogP contribution in [-0.2, 0) is 4.79 Å². The lowest BCUT2D eigenvalue weighted by atomic mass is 10.0. The smallest absolute Gasteiger partial charge is 0.236 e. The van der Waals surface area contributed by atoms with Gasteiger partial charge in [-0.3, -0.25) is 4.79 Å². The molecule has 2 atom stereocenters. The zero-order valence-corrected chi connectivity index (χ0v) is 15.4. The number of hydrogen-bond donors (Lipinski definition) is 1. The summed E-state index contributed by atoms with van der Waals surface area (Å²) in [4.78, 5) is 16.6. The Morgan fingerprint density at radius 2 is 1.62 bits per heavy atom. The number of rotatable bonds is 5. The first-order valence-electron chi connectivity index (χ1n) is 9.56. The van der Waals surface area contributed by atoms with E-state index in [0.717, 1.165) is 32.6 Å². The van der Waals surface area contributed by atoms with Gasteiger partial charge in [-0.1, -0.05) is 54.6 Å². The van der Waals surface area contributed by atoms with Gasteiger partial charge < -0.3 is 15.1 Å². The van der Waals surface area contributed by atoms with E-state index in [1.54, 1.807) is 0 Å². The summed E-state index contributed by atoms with van der Waals surface area (Å²) in [5.74, 6) is 0.781. The van der Waals surface area contributed by atoms with Gasteiger partial charge in [0.2, 0.25) is 5.91 Å². The molecule has 0 radical (unpaired) electrons. The SMILES string of the molecule is CN1CCN(C(=O)CN[C@H]2CC2c2ccc(-c3ccccc3)cc2)CC1. The molecule has 2 fully saturated rings. The van der Waals surface area contributed by atoms with Gasteiger partial charge in [0.15, 0.2) is 0 Å². The number of piperazine rings is 1. The first kappa shape index (κ1) is 17.3. The van der Waals surface area contributed by atoms with E-state index in [0.29, 0.717) is 18.5 Å². The molecule has 1 unspecified atom stereocenters. The Morgan fingerprint density at radius 3 is 2.31 bits per heavy atom. The van der Waals surface area contributed by atoms with Crippen molar-refractivity contribution in [3.8, 4) is 11.1 Å². The van der Waals surface area contributed by atoms with Crippen LogP contribution in [-0.4, -0.2) is 61.5 Å². The van der Waals surface area contributed by atoms with Crippen LogP contribution in [0.1, 0.15) is 17.9 Å². The molecule has 0 spiro atoms. The van der Waals surface area contributed by atoms with Gasteiger partial charge in [0.05, 0.1) is 6.54 Å². The van der Waals surface area contributed by atoms with Crippen LogP contribution in [0.4, 0.5) is 0 Å². The fraction of sp³-hybridized carbons (Fsp3) is 0.409. The van der Waals surface area contributed by atoms with Crippen molar-refractivity contribution in [1.82, 2.24) is 15.1 Å². The predicted molar refractivity (Wildman–Crippen MR) is 105 cm³/mol. The van der Waals surface area contributed by atoms with Crippen LogP contribution in [0.3, 0.4) is 0 Å². The molecule has 2 aliphatic rings. The summed E-state index contributed by atoms with van der Waals surface area (Å²) in [5.41, 5.74) is 3.88. The zero-order chi connectivity index (χ0) is 17.9. The minimum absolute atomic E-state index is 0.239. The number of benzene rings is 2. The van der Waals surface area contributed by atoms with E-state index in [1.165, 1.54) is 16.7 Å². The van der Waals surface area contributed by atoms with E-state index in [-0.39, 0.29) is 5.91 Å². The van der Waals surface area contributed by atoms with Crippen molar-refractivity contribution in [1.29, 1.82) is 0 Å². The van der Waals surface area contributed by atoms with E-state index < -0.39 is 0 Å². The minimum atomic E-state index is 0.239. The first-order valence-corrected chi connectivity index (χ1v) is 9.56. The molecule has 1 saturated carbocycles. The number of hydrogen-bond acceptors (Lipinski definition) is 3. The normalized spacial score (nSPS) is 23.0. The molecule has 1 aliphatic carbocycles. The second-order valence-corrected chi connectivity index (χ2v) is 7.50. The van der Waals surface area contributed by atoms with Gasteiger partial charge in [-0.15, -0.1) is 0 Å². The number of amides is 1. The molecule has 2 aromatic carbocycles. The van der Waals surface area contributed by atoms with Crippen LogP contribution >= 0.6 is 0 Å². The number of nitrogens with one attached hydrogen (secondary N) is 1. The average Bonchev–Trinajstić information content (AvgIpc) is 3.47. The van der Waals surface area contributed by atoms with Gasteiger partial charge in [-0.25, -0.2) is 0 Å². The van der Waals surface area contributed by atoms with Gasteiger partial charge in [0, 0.05) is 38.1 Å². The van der Waals surface area contributed by atoms with Gasteiger partial charge >= 0.3 is 0 Å². The lowest BCUT2D eigenvalue weighted by Gasteiger charge is -2.32. The first-order chi connectivity index (χ1) is 12.7. The number of likely N-dealkylation sites (N-methyl/N-ethyl adjacent to an activating group) is 1. The molecular weight excluding hydrogens is 322 g/mol. The highest BCUT2D eigenvalue weighted by atomic mass is 16.2. The maximum Gasteiger partial charge on any atom is 0.236 e. The van der Waals surface area contributed by atoms with Crippen molar-refractivity contribution < 1.29 is 4.79 Å². The third-order valence-corrected chi connectivity index (χ3v) is 5.61. The third kappa shape index (κ3) is 3.97. The van der Waals surface area contributed by atoms with E-state index in [9.17, 15) is 4.79 Å². The van der Waals surface area contributed by atoms with E-state index in [2.05, 4.69) is 65.8 Å². The lowest BCUT2D eigenvalue weighted by Crippen LogP contribution is -2.49. The molecule has 4 nitrogen and oxygen atoms in total. The van der Waals surface area contributed by atoms with E-state index in [4.69, 9.17) is 0 Å². The molecule has 4 rings (SSSR count). The molecular formula is C22H27N3O. The zero-order valence-electron chi connectivity index (χ0n) is 15.4. The second-order valence-electron chi connectivity index (χ2n) is 7.50. The molecule has 2 aromatic rings. The van der Waals surface area contributed by atoms with Crippen molar-refractivity contribution in [3.63, 3.8) is 0 Å². The topological polar surface area (TPSA) is 35.6 Å². The average molecular weight is 349 g/mol. The number of carbonyl (C=O) groups is 1. The highest BCUT2D eigenvalue weighted by molar-refractivity contribution is 5.78. The Morgan fingerprint density at radius 1 is 0.962 bits per heavy atom. The van der Waals surface area contributed by atoms with Crippen LogP contribution < -0.4 is 5.32 Å². The number of nitrogens with zero attached hydrogens (tertiary/aromatic N) is 2. The van der Waals surface area contributed by atoms with Crippen molar-refractivity contribution in [2.24, 2.45) is 0 Å². The Hall–Kier alpha value is -2.17. The predicted octanol–water partition coefficient (Wildman–Crippen LogP) is 2.57. The molecule has 0 aromatic heterocycles. The fourth-order valence-corrected chi connectivity index (χ4v) is 3.73. The molecule has 1 aliphatic heterocycles. The van der Waals surface area contributed by atoms with Gasteiger partial charge in [0.25, 0.3) is 0 Å². The van der Waals surface area contributed by atoms with Gasteiger partial charge in [0.1, 0.15) is 0 Å². The maximum absolute atomic E-state index is 12.3. The minimum Gasteiger partial charge on any atom is -0.339 e. The van der Waals surface area contributed by atoms with E-state index >= 15 is 0 Å². The molecule has 1 heterocycles. The quantitative estimate of drug-likeness (QED) is 0.901. The lowest BCUT2D eigenvalue weighted by molar-refractivity contribution is -0.131. The van der Waals surface area contributed by atoms with Crippen LogP contribution in [0.15, 0.2) is 54.6 Å². The Bertz CT molecular complexity index is 736. The fourth-order valence-electron chi connectivity index (χ4n) is 3.73. The Balaban J connectivity index is 1.27. The molecule has 136 valence electrons. The molecule has 26 heavy (non-hydrogen) atoms. The molecule has 4 heteroatoms. The van der Waals surface area contributed by atoms with Crippen molar-refractivity contribution in [2.45, 2.75) is 18.4 Å². The monoisotopic (exact) mass is 349 g/mol. The summed E-state index contributed by atoms with van der Waals surface area (Å²) in [5, 5.41) is 3.45. The summed E-state index contributed by atoms with van der Waals surface area (Å²) in [6.45, 7) is 4.13. The largest absolute Gasteiger partial charge is 0.339 e. The third-order valence-electron chi connectivity index (χ3n) is 5.61. The second kappa shape index (κ2) is 7.60. The summed E-state index contributed by atoms with van der Waals surface area (Å²) in [7, 11) is 2.11. The Kier molecular flexibility index (Phi) is 5.05. The molecule has 1 saturated heterocycles. The highest BCUT2D eigenvalue weighted by Gasteiger charge is 2.38. The maximum atomic E-state index is 12.3. The van der Waals surface area contributed by atoms with Crippen LogP contribution in [0, 0.1) is 0 Å². The summed E-state index contributed by atoms with van der Waals surface area (Å²) >= 11 is 0. The van der Waals surface area contributed by atoms with Crippen molar-refractivity contribution in [3.05, 3.63) is 60.2 Å².